The van der Waals surface area contributed by atoms with E-state index in [2.05, 4.69) is 20.8 Å². The van der Waals surface area contributed by atoms with Crippen LogP contribution in [0.2, 0.25) is 5.02 Å². The van der Waals surface area contributed by atoms with Crippen LogP contribution in [-0.2, 0) is 0 Å². The molecule has 4 heteroatoms. The van der Waals surface area contributed by atoms with E-state index < -0.39 is 5.82 Å². The number of benzene rings is 1. The lowest BCUT2D eigenvalue weighted by Gasteiger charge is -1.97. The third-order valence-electron chi connectivity index (χ3n) is 1.13. The van der Waals surface area contributed by atoms with Gasteiger partial charge in [-0.2, -0.15) is 0 Å². The second-order valence-corrected chi connectivity index (χ2v) is 3.07. The van der Waals surface area contributed by atoms with Crippen molar-refractivity contribution in [3.8, 4) is 0 Å². The van der Waals surface area contributed by atoms with Gasteiger partial charge in [0.25, 0.3) is 0 Å². The Bertz CT molecular complexity index is 332. The van der Waals surface area contributed by atoms with Gasteiger partial charge in [0, 0.05) is 4.47 Å². The van der Waals surface area contributed by atoms with Crippen LogP contribution in [-0.4, -0.2) is 0 Å². The Morgan fingerprint density at radius 3 is 2.64 bits per heavy atom. The molecule has 0 N–H and O–H groups in total. The molecule has 0 aliphatic rings. The van der Waals surface area contributed by atoms with Crippen LogP contribution >= 0.6 is 27.5 Å². The van der Waals surface area contributed by atoms with Gasteiger partial charge in [0.15, 0.2) is 0 Å². The number of halogens is 3. The summed E-state index contributed by atoms with van der Waals surface area (Å²) in [7, 11) is 0. The van der Waals surface area contributed by atoms with Crippen LogP contribution in [0.25, 0.3) is 4.85 Å². The van der Waals surface area contributed by atoms with E-state index in [0.29, 0.717) is 4.47 Å². The first-order valence-electron chi connectivity index (χ1n) is 2.67. The lowest BCUT2D eigenvalue weighted by molar-refractivity contribution is 0.633. The van der Waals surface area contributed by atoms with Gasteiger partial charge in [-0.1, -0.05) is 33.6 Å². The average molecular weight is 234 g/mol. The molecule has 0 amide bonds. The van der Waals surface area contributed by atoms with Crippen molar-refractivity contribution in [2.45, 2.75) is 0 Å². The first kappa shape index (κ1) is 8.51. The smallest absolute Gasteiger partial charge is 0.234 e. The van der Waals surface area contributed by atoms with Crippen molar-refractivity contribution in [2.24, 2.45) is 0 Å². The summed E-state index contributed by atoms with van der Waals surface area (Å²) in [5.74, 6) is -0.670. The predicted octanol–water partition coefficient (Wildman–Crippen LogP) is 3.79. The van der Waals surface area contributed by atoms with Gasteiger partial charge in [-0.05, 0) is 6.07 Å². The molecular formula is C7H2BrClFN. The summed E-state index contributed by atoms with van der Waals surface area (Å²) in [4.78, 5) is 2.97. The number of nitrogens with zero attached hydrogens (tertiary/aromatic N) is 1. The van der Waals surface area contributed by atoms with E-state index in [1.54, 1.807) is 6.07 Å². The predicted molar refractivity (Wildman–Crippen MR) is 45.4 cm³/mol. The van der Waals surface area contributed by atoms with E-state index in [9.17, 15) is 4.39 Å². The van der Waals surface area contributed by atoms with Crippen molar-refractivity contribution in [3.63, 3.8) is 0 Å². The Balaban J connectivity index is 3.44. The van der Waals surface area contributed by atoms with Gasteiger partial charge in [-0.25, -0.2) is 9.24 Å². The molecule has 0 saturated carbocycles. The van der Waals surface area contributed by atoms with Crippen LogP contribution in [0.4, 0.5) is 10.1 Å². The Labute approximate surface area is 76.7 Å². The highest BCUT2D eigenvalue weighted by Gasteiger charge is 2.09. The largest absolute Gasteiger partial charge is 0.237 e. The highest BCUT2D eigenvalue weighted by molar-refractivity contribution is 9.10. The van der Waals surface area contributed by atoms with Crippen molar-refractivity contribution in [1.29, 1.82) is 0 Å². The maximum Gasteiger partial charge on any atom is 0.237 e. The number of hydrogen-bond acceptors (Lipinski definition) is 0. The first-order valence-corrected chi connectivity index (χ1v) is 3.85. The lowest BCUT2D eigenvalue weighted by Crippen LogP contribution is -1.77. The maximum absolute atomic E-state index is 12.9. The molecule has 56 valence electrons. The Kier molecular flexibility index (Phi) is 2.48. The monoisotopic (exact) mass is 233 g/mol. The fourth-order valence-corrected chi connectivity index (χ4v) is 1.17. The van der Waals surface area contributed by atoms with Crippen molar-refractivity contribution in [2.75, 3.05) is 0 Å². The van der Waals surface area contributed by atoms with Gasteiger partial charge in [0.2, 0.25) is 5.69 Å². The zero-order valence-corrected chi connectivity index (χ0v) is 7.58. The minimum Gasteiger partial charge on any atom is -0.234 e. The first-order chi connectivity index (χ1) is 5.16. The lowest BCUT2D eigenvalue weighted by atomic mass is 10.3. The zero-order chi connectivity index (χ0) is 8.43. The molecule has 0 aromatic heterocycles. The molecule has 0 aliphatic carbocycles. The highest BCUT2D eigenvalue weighted by atomic mass is 79.9. The molecule has 1 aromatic carbocycles. The SMILES string of the molecule is [C-]#[N+]c1c(Br)ccc(Cl)c1F. The second kappa shape index (κ2) is 3.21. The van der Waals surface area contributed by atoms with Gasteiger partial charge in [0.1, 0.15) is 5.82 Å². The highest BCUT2D eigenvalue weighted by Crippen LogP contribution is 2.32. The Morgan fingerprint density at radius 1 is 1.55 bits per heavy atom. The molecule has 0 bridgehead atoms. The zero-order valence-electron chi connectivity index (χ0n) is 5.24. The number of hydrogen-bond donors (Lipinski definition) is 0. The van der Waals surface area contributed by atoms with Crippen LogP contribution in [0.5, 0.6) is 0 Å². The molecule has 11 heavy (non-hydrogen) atoms. The normalized spacial score (nSPS) is 9.27. The van der Waals surface area contributed by atoms with Gasteiger partial charge >= 0.3 is 0 Å². The molecule has 0 saturated heterocycles. The van der Waals surface area contributed by atoms with E-state index >= 15 is 0 Å². The summed E-state index contributed by atoms with van der Waals surface area (Å²) in [6, 6.07) is 2.94. The Hall–Kier alpha value is -0.590. The van der Waals surface area contributed by atoms with Crippen LogP contribution in [0.3, 0.4) is 0 Å². The van der Waals surface area contributed by atoms with E-state index in [-0.39, 0.29) is 10.7 Å². The standard InChI is InChI=1S/C7H2BrClFN/c1-11-7-4(8)2-3-5(9)6(7)10/h2-3H. The second-order valence-electron chi connectivity index (χ2n) is 1.80. The third-order valence-corrected chi connectivity index (χ3v) is 2.06. The number of rotatable bonds is 0. The Morgan fingerprint density at radius 2 is 2.18 bits per heavy atom. The molecule has 0 fully saturated rings. The van der Waals surface area contributed by atoms with Crippen LogP contribution in [0, 0.1) is 12.4 Å². The van der Waals surface area contributed by atoms with Crippen LogP contribution < -0.4 is 0 Å². The van der Waals surface area contributed by atoms with Crippen molar-refractivity contribution < 1.29 is 4.39 Å². The molecule has 1 aromatic rings. The van der Waals surface area contributed by atoms with E-state index in [0.717, 1.165) is 0 Å². The van der Waals surface area contributed by atoms with E-state index in [1.807, 2.05) is 0 Å². The molecule has 1 rings (SSSR count). The molecule has 0 aliphatic heterocycles. The summed E-state index contributed by atoms with van der Waals surface area (Å²) < 4.78 is 13.3. The summed E-state index contributed by atoms with van der Waals surface area (Å²) in [6.07, 6.45) is 0. The van der Waals surface area contributed by atoms with Gasteiger partial charge in [-0.3, -0.25) is 0 Å². The van der Waals surface area contributed by atoms with Gasteiger partial charge < -0.3 is 0 Å². The molecular weight excluding hydrogens is 232 g/mol. The molecule has 0 spiro atoms. The molecule has 0 atom stereocenters. The maximum atomic E-state index is 12.9. The van der Waals surface area contributed by atoms with Crippen LogP contribution in [0.15, 0.2) is 16.6 Å². The minimum absolute atomic E-state index is 0.0285. The minimum atomic E-state index is -0.670. The fraction of sp³-hybridized carbons (Fsp3) is 0. The van der Waals surface area contributed by atoms with E-state index in [4.69, 9.17) is 18.2 Å². The van der Waals surface area contributed by atoms with Gasteiger partial charge in [-0.15, -0.1) is 0 Å². The van der Waals surface area contributed by atoms with Crippen molar-refractivity contribution in [3.05, 3.63) is 38.9 Å². The molecule has 0 radical (unpaired) electrons. The molecule has 0 heterocycles. The van der Waals surface area contributed by atoms with Crippen molar-refractivity contribution >= 4 is 33.2 Å². The topological polar surface area (TPSA) is 4.36 Å². The molecule has 0 unspecified atom stereocenters. The summed E-state index contributed by atoms with van der Waals surface area (Å²) in [5, 5.41) is -0.0285. The van der Waals surface area contributed by atoms with Gasteiger partial charge in [0.05, 0.1) is 11.6 Å². The van der Waals surface area contributed by atoms with Crippen molar-refractivity contribution in [1.82, 2.24) is 0 Å². The summed E-state index contributed by atoms with van der Waals surface area (Å²) >= 11 is 8.45. The fourth-order valence-electron chi connectivity index (χ4n) is 0.619. The summed E-state index contributed by atoms with van der Waals surface area (Å²) in [6.45, 7) is 6.62. The van der Waals surface area contributed by atoms with Crippen LogP contribution in [0.1, 0.15) is 0 Å². The molecule has 1 nitrogen and oxygen atoms in total. The quantitative estimate of drug-likeness (QED) is 0.475. The summed E-state index contributed by atoms with van der Waals surface area (Å²) in [5.41, 5.74) is -0.0718. The third kappa shape index (κ3) is 1.52. The van der Waals surface area contributed by atoms with E-state index in [1.165, 1.54) is 6.07 Å². The average Bonchev–Trinajstić information content (AvgIpc) is 1.99.